The summed E-state index contributed by atoms with van der Waals surface area (Å²) in [6.45, 7) is 4.10. The Kier molecular flexibility index (Phi) is 7.02. The average molecular weight is 295 g/mol. The summed E-state index contributed by atoms with van der Waals surface area (Å²) in [7, 11) is 0. The number of carbonyl (C=O) groups excluding carboxylic acids is 1. The van der Waals surface area contributed by atoms with E-state index in [4.69, 9.17) is 10.5 Å². The van der Waals surface area contributed by atoms with Crippen LogP contribution in [-0.2, 0) is 16.0 Å². The van der Waals surface area contributed by atoms with Gasteiger partial charge < -0.3 is 20.7 Å². The first-order valence-corrected chi connectivity index (χ1v) is 7.44. The van der Waals surface area contributed by atoms with E-state index in [9.17, 15) is 15.0 Å². The van der Waals surface area contributed by atoms with Crippen molar-refractivity contribution in [1.29, 1.82) is 0 Å². The van der Waals surface area contributed by atoms with Crippen LogP contribution in [0.15, 0.2) is 18.2 Å². The van der Waals surface area contributed by atoms with Crippen molar-refractivity contribution in [2.24, 2.45) is 5.73 Å². The number of aromatic hydroxyl groups is 2. The molecule has 5 nitrogen and oxygen atoms in total. The molecule has 0 aliphatic carbocycles. The molecule has 0 heterocycles. The molecule has 0 spiro atoms. The molecule has 0 fully saturated rings. The van der Waals surface area contributed by atoms with Crippen LogP contribution >= 0.6 is 0 Å². The topological polar surface area (TPSA) is 92.8 Å². The van der Waals surface area contributed by atoms with Gasteiger partial charge in [-0.05, 0) is 37.0 Å². The predicted molar refractivity (Wildman–Crippen MR) is 81.1 cm³/mol. The van der Waals surface area contributed by atoms with Crippen LogP contribution in [-0.4, -0.2) is 28.3 Å². The van der Waals surface area contributed by atoms with Gasteiger partial charge in [0.25, 0.3) is 0 Å². The van der Waals surface area contributed by atoms with E-state index < -0.39 is 12.0 Å². The Balaban J connectivity index is 2.58. The summed E-state index contributed by atoms with van der Waals surface area (Å²) >= 11 is 0. The van der Waals surface area contributed by atoms with Crippen LogP contribution in [0.25, 0.3) is 0 Å². The first-order chi connectivity index (χ1) is 9.97. The smallest absolute Gasteiger partial charge is 0.323 e. The van der Waals surface area contributed by atoms with Crippen molar-refractivity contribution in [3.05, 3.63) is 23.8 Å². The average Bonchev–Trinajstić information content (AvgIpc) is 2.43. The van der Waals surface area contributed by atoms with Crippen LogP contribution in [0.4, 0.5) is 0 Å². The van der Waals surface area contributed by atoms with Gasteiger partial charge in [0.15, 0.2) is 11.5 Å². The van der Waals surface area contributed by atoms with E-state index in [-0.39, 0.29) is 24.0 Å². The van der Waals surface area contributed by atoms with Crippen molar-refractivity contribution < 1.29 is 19.7 Å². The van der Waals surface area contributed by atoms with E-state index in [1.165, 1.54) is 12.1 Å². The van der Waals surface area contributed by atoms with E-state index >= 15 is 0 Å². The molecule has 0 radical (unpaired) electrons. The summed E-state index contributed by atoms with van der Waals surface area (Å²) in [5.74, 6) is -0.835. The van der Waals surface area contributed by atoms with Crippen LogP contribution in [0.1, 0.15) is 45.1 Å². The number of rotatable bonds is 8. The van der Waals surface area contributed by atoms with Gasteiger partial charge in [-0.25, -0.2) is 0 Å². The second-order valence-electron chi connectivity index (χ2n) is 5.27. The number of ether oxygens (including phenoxy) is 1. The normalized spacial score (nSPS) is 12.4. The second kappa shape index (κ2) is 8.52. The van der Waals surface area contributed by atoms with Gasteiger partial charge in [-0.15, -0.1) is 0 Å². The summed E-state index contributed by atoms with van der Waals surface area (Å²) in [4.78, 5) is 12.0. The summed E-state index contributed by atoms with van der Waals surface area (Å²) < 4.78 is 5.44. The minimum absolute atomic E-state index is 0.0771. The number of nitrogens with two attached hydrogens (primary N) is 1. The van der Waals surface area contributed by atoms with E-state index in [1.807, 2.05) is 0 Å². The third kappa shape index (κ3) is 5.63. The molecule has 1 aromatic carbocycles. The maximum Gasteiger partial charge on any atom is 0.323 e. The highest BCUT2D eigenvalue weighted by Gasteiger charge is 2.20. The summed E-state index contributed by atoms with van der Waals surface area (Å²) in [5.41, 5.74) is 6.54. The number of esters is 1. The fourth-order valence-electron chi connectivity index (χ4n) is 2.19. The Bertz CT molecular complexity index is 456. The van der Waals surface area contributed by atoms with Crippen LogP contribution in [0.3, 0.4) is 0 Å². The van der Waals surface area contributed by atoms with Gasteiger partial charge >= 0.3 is 5.97 Å². The Morgan fingerprint density at radius 3 is 2.33 bits per heavy atom. The Morgan fingerprint density at radius 2 is 1.81 bits per heavy atom. The molecule has 1 aromatic rings. The third-order valence-corrected chi connectivity index (χ3v) is 3.30. The van der Waals surface area contributed by atoms with Crippen LogP contribution in [0.5, 0.6) is 11.5 Å². The van der Waals surface area contributed by atoms with Gasteiger partial charge in [0, 0.05) is 0 Å². The minimum Gasteiger partial charge on any atom is -0.504 e. The fraction of sp³-hybridized carbons (Fsp3) is 0.562. The van der Waals surface area contributed by atoms with Crippen molar-refractivity contribution in [3.63, 3.8) is 0 Å². The van der Waals surface area contributed by atoms with Gasteiger partial charge in [0.05, 0.1) is 0 Å². The SMILES string of the molecule is CCCC(CCC)OC(=O)[C@@H](N)Cc1ccc(O)c(O)c1. The number of benzene rings is 1. The van der Waals surface area contributed by atoms with Gasteiger partial charge in [0.1, 0.15) is 12.1 Å². The number of hydrogen-bond acceptors (Lipinski definition) is 5. The molecule has 1 rings (SSSR count). The van der Waals surface area contributed by atoms with Crippen molar-refractivity contribution in [2.45, 2.75) is 58.1 Å². The van der Waals surface area contributed by atoms with Gasteiger partial charge in [-0.2, -0.15) is 0 Å². The molecule has 0 aromatic heterocycles. The minimum atomic E-state index is -0.773. The molecule has 4 N–H and O–H groups in total. The maximum absolute atomic E-state index is 12.0. The van der Waals surface area contributed by atoms with Crippen molar-refractivity contribution in [1.82, 2.24) is 0 Å². The molecule has 0 unspecified atom stereocenters. The molecule has 1 atom stereocenters. The quantitative estimate of drug-likeness (QED) is 0.506. The molecule has 0 saturated carbocycles. The van der Waals surface area contributed by atoms with E-state index in [0.717, 1.165) is 25.7 Å². The molecular weight excluding hydrogens is 270 g/mol. The first kappa shape index (κ1) is 17.3. The lowest BCUT2D eigenvalue weighted by Gasteiger charge is -2.19. The molecule has 0 saturated heterocycles. The second-order valence-corrected chi connectivity index (χ2v) is 5.27. The zero-order valence-corrected chi connectivity index (χ0v) is 12.7. The molecule has 0 aliphatic heterocycles. The molecule has 21 heavy (non-hydrogen) atoms. The maximum atomic E-state index is 12.0. The van der Waals surface area contributed by atoms with Crippen molar-refractivity contribution in [3.8, 4) is 11.5 Å². The Morgan fingerprint density at radius 1 is 1.19 bits per heavy atom. The number of carbonyl (C=O) groups is 1. The third-order valence-electron chi connectivity index (χ3n) is 3.30. The Labute approximate surface area is 125 Å². The van der Waals surface area contributed by atoms with E-state index in [0.29, 0.717) is 5.56 Å². The first-order valence-electron chi connectivity index (χ1n) is 7.44. The van der Waals surface area contributed by atoms with Crippen LogP contribution in [0, 0.1) is 0 Å². The molecule has 0 aliphatic rings. The molecule has 5 heteroatoms. The zero-order valence-electron chi connectivity index (χ0n) is 12.7. The zero-order chi connectivity index (χ0) is 15.8. The Hall–Kier alpha value is -1.75. The van der Waals surface area contributed by atoms with Gasteiger partial charge in [-0.3, -0.25) is 4.79 Å². The fourth-order valence-corrected chi connectivity index (χ4v) is 2.19. The lowest BCUT2D eigenvalue weighted by molar-refractivity contribution is -0.151. The number of phenolic OH excluding ortho intramolecular Hbond substituents is 2. The highest BCUT2D eigenvalue weighted by atomic mass is 16.5. The molecule has 118 valence electrons. The van der Waals surface area contributed by atoms with E-state index in [2.05, 4.69) is 13.8 Å². The molecule has 0 amide bonds. The summed E-state index contributed by atoms with van der Waals surface area (Å²) in [6, 6.07) is 3.63. The van der Waals surface area contributed by atoms with Crippen molar-refractivity contribution >= 4 is 5.97 Å². The van der Waals surface area contributed by atoms with E-state index in [1.54, 1.807) is 6.07 Å². The molecular formula is C16H25NO4. The highest BCUT2D eigenvalue weighted by Crippen LogP contribution is 2.25. The molecule has 0 bridgehead atoms. The highest BCUT2D eigenvalue weighted by molar-refractivity contribution is 5.76. The van der Waals surface area contributed by atoms with Gasteiger partial charge in [-0.1, -0.05) is 32.8 Å². The summed E-state index contributed by atoms with van der Waals surface area (Å²) in [5, 5.41) is 18.7. The van der Waals surface area contributed by atoms with Crippen LogP contribution in [0.2, 0.25) is 0 Å². The standard InChI is InChI=1S/C16H25NO4/c1-3-5-12(6-4-2)21-16(20)13(17)9-11-7-8-14(18)15(19)10-11/h7-8,10,12-13,18-19H,3-6,9,17H2,1-2H3/t13-/m0/s1. The summed E-state index contributed by atoms with van der Waals surface area (Å²) in [6.07, 6.45) is 3.78. The number of phenols is 2. The lowest BCUT2D eigenvalue weighted by atomic mass is 10.1. The monoisotopic (exact) mass is 295 g/mol. The largest absolute Gasteiger partial charge is 0.504 e. The van der Waals surface area contributed by atoms with Crippen LogP contribution < -0.4 is 5.73 Å². The predicted octanol–water partition coefficient (Wildman–Crippen LogP) is 2.48. The lowest BCUT2D eigenvalue weighted by Crippen LogP contribution is -2.36. The van der Waals surface area contributed by atoms with Crippen molar-refractivity contribution in [2.75, 3.05) is 0 Å². The number of hydrogen-bond donors (Lipinski definition) is 3. The van der Waals surface area contributed by atoms with Gasteiger partial charge in [0.2, 0.25) is 0 Å².